The molecular weight excluding hydrogens is 561 g/mol. The zero-order chi connectivity index (χ0) is 34.9. The largest absolute Gasteiger partial charge is 0.385 e. The second-order valence-corrected chi connectivity index (χ2v) is 12.8. The van der Waals surface area contributed by atoms with Crippen LogP contribution in [0.4, 0.5) is 0 Å². The standard InChI is InChI=1S/C6H12O.C5H12O2S.C5H12O.C5H12S.C4H10.2C4H8.C3H8/c1-3-4-5-6(2)7;1-3-4-5-8(2,6)7;2*1-3-4-5-6-2;3*1-3-4-2;1-3-2/h3-5H2,1-2H3;3-5H2,1-2H3;2*3-5H2,1-2H3;3-4H2,1-2H3;2*3-4H,1-2H3;3H2,1-2H3. The van der Waals surface area contributed by atoms with Crippen molar-refractivity contribution < 1.29 is 17.9 Å². The molecule has 262 valence electrons. The fraction of sp³-hybridized carbons (Fsp3) is 0.861. The highest BCUT2D eigenvalue weighted by Crippen LogP contribution is 1.96. The van der Waals surface area contributed by atoms with Crippen LogP contribution >= 0.6 is 11.8 Å². The molecule has 0 unspecified atom stereocenters. The molecule has 0 aromatic rings. The summed E-state index contributed by atoms with van der Waals surface area (Å²) in [6.07, 6.45) is 25.1. The highest BCUT2D eigenvalue weighted by Gasteiger charge is 1.97. The normalized spacial score (nSPS) is 9.24. The van der Waals surface area contributed by atoms with Gasteiger partial charge >= 0.3 is 0 Å². The van der Waals surface area contributed by atoms with E-state index in [4.69, 9.17) is 4.74 Å². The van der Waals surface area contributed by atoms with Crippen molar-refractivity contribution in [2.45, 2.75) is 167 Å². The van der Waals surface area contributed by atoms with E-state index in [0.29, 0.717) is 11.5 Å². The summed E-state index contributed by atoms with van der Waals surface area (Å²) in [5.74, 6) is 1.97. The minimum Gasteiger partial charge on any atom is -0.385 e. The number of carbonyl (C=O) groups excluding carboxylic acids is 1. The third kappa shape index (κ3) is 192. The Labute approximate surface area is 273 Å². The Morgan fingerprint density at radius 2 is 1.02 bits per heavy atom. The van der Waals surface area contributed by atoms with Crippen molar-refractivity contribution in [3.63, 3.8) is 0 Å². The lowest BCUT2D eigenvalue weighted by molar-refractivity contribution is -0.117. The van der Waals surface area contributed by atoms with Gasteiger partial charge in [-0.1, -0.05) is 125 Å². The number of carbonyl (C=O) groups is 1. The minimum atomic E-state index is -2.69. The van der Waals surface area contributed by atoms with Crippen molar-refractivity contribution in [3.05, 3.63) is 24.3 Å². The predicted molar refractivity (Wildman–Crippen MR) is 202 cm³/mol. The molecule has 0 aliphatic heterocycles. The molecule has 0 saturated heterocycles. The Morgan fingerprint density at radius 3 is 1.12 bits per heavy atom. The summed E-state index contributed by atoms with van der Waals surface area (Å²) in [4.78, 5) is 10.2. The summed E-state index contributed by atoms with van der Waals surface area (Å²) in [5, 5.41) is 0. The first-order chi connectivity index (χ1) is 19.8. The van der Waals surface area contributed by atoms with Crippen molar-refractivity contribution in [1.29, 1.82) is 0 Å². The van der Waals surface area contributed by atoms with Gasteiger partial charge in [0.05, 0.1) is 0 Å². The minimum absolute atomic E-state index is 0.307. The van der Waals surface area contributed by atoms with Crippen molar-refractivity contribution in [1.82, 2.24) is 0 Å². The van der Waals surface area contributed by atoms with E-state index in [1.165, 1.54) is 57.0 Å². The van der Waals surface area contributed by atoms with Gasteiger partial charge in [-0.3, -0.25) is 0 Å². The number of methoxy groups -OCH3 is 1. The topological polar surface area (TPSA) is 60.4 Å². The molecule has 0 rings (SSSR count). The molecular formula is C36H82O4S2. The first kappa shape index (κ1) is 60.6. The molecule has 42 heavy (non-hydrogen) atoms. The van der Waals surface area contributed by atoms with Gasteiger partial charge in [-0.25, -0.2) is 8.42 Å². The van der Waals surface area contributed by atoms with Crippen LogP contribution in [0.2, 0.25) is 0 Å². The number of hydrogen-bond donors (Lipinski definition) is 0. The Bertz CT molecular complexity index is 493. The monoisotopic (exact) mass is 643 g/mol. The smallest absolute Gasteiger partial charge is 0.147 e. The number of Topliss-reactive ketones (excluding diaryl/α,β-unsaturated/α-hetero) is 1. The number of ketones is 1. The van der Waals surface area contributed by atoms with Gasteiger partial charge < -0.3 is 9.53 Å². The van der Waals surface area contributed by atoms with Crippen molar-refractivity contribution >= 4 is 27.4 Å². The average molecular weight is 643 g/mol. The summed E-state index contributed by atoms with van der Waals surface area (Å²) in [6.45, 7) is 27.6. The quantitative estimate of drug-likeness (QED) is 0.148. The highest BCUT2D eigenvalue weighted by molar-refractivity contribution is 7.98. The van der Waals surface area contributed by atoms with E-state index >= 15 is 0 Å². The molecule has 0 saturated carbocycles. The summed E-state index contributed by atoms with van der Waals surface area (Å²) < 4.78 is 25.6. The molecule has 0 aliphatic rings. The van der Waals surface area contributed by atoms with E-state index in [1.807, 2.05) is 70.7 Å². The lowest BCUT2D eigenvalue weighted by Crippen LogP contribution is -2.01. The van der Waals surface area contributed by atoms with E-state index in [1.54, 1.807) is 14.0 Å². The van der Waals surface area contributed by atoms with E-state index < -0.39 is 9.84 Å². The van der Waals surface area contributed by atoms with Crippen LogP contribution < -0.4 is 0 Å². The van der Waals surface area contributed by atoms with Gasteiger partial charge in [-0.05, 0) is 72.3 Å². The van der Waals surface area contributed by atoms with Crippen LogP contribution in [0.5, 0.6) is 0 Å². The molecule has 0 fully saturated rings. The summed E-state index contributed by atoms with van der Waals surface area (Å²) in [7, 11) is -0.954. The Morgan fingerprint density at radius 1 is 0.667 bits per heavy atom. The maximum absolute atomic E-state index is 10.4. The van der Waals surface area contributed by atoms with Crippen LogP contribution in [0.25, 0.3) is 0 Å². The SMILES string of the molecule is CC=CC.CC=CC.CCC.CCCC.CCCCC(C)=O.CCCCOC.CCCCS(C)(=O)=O.CCCCSC. The maximum Gasteiger partial charge on any atom is 0.147 e. The van der Waals surface area contributed by atoms with Crippen LogP contribution in [-0.4, -0.2) is 51.9 Å². The van der Waals surface area contributed by atoms with Crippen LogP contribution in [-0.2, 0) is 19.4 Å². The molecule has 0 atom stereocenters. The molecule has 6 heteroatoms. The number of rotatable bonds is 13. The van der Waals surface area contributed by atoms with Gasteiger partial charge in [0, 0.05) is 32.1 Å². The van der Waals surface area contributed by atoms with Gasteiger partial charge in [-0.15, -0.1) is 0 Å². The first-order valence-corrected chi connectivity index (χ1v) is 20.1. The Kier molecular flexibility index (Phi) is 105. The van der Waals surface area contributed by atoms with Gasteiger partial charge in [0.2, 0.25) is 0 Å². The van der Waals surface area contributed by atoms with Crippen molar-refractivity contribution in [3.8, 4) is 0 Å². The van der Waals surface area contributed by atoms with Crippen LogP contribution in [0, 0.1) is 0 Å². The molecule has 0 radical (unpaired) electrons. The van der Waals surface area contributed by atoms with Crippen molar-refractivity contribution in [2.24, 2.45) is 0 Å². The highest BCUT2D eigenvalue weighted by atomic mass is 32.2. The third-order valence-corrected chi connectivity index (χ3v) is 6.05. The first-order valence-electron chi connectivity index (χ1n) is 16.6. The number of sulfone groups is 1. The van der Waals surface area contributed by atoms with Gasteiger partial charge in [0.15, 0.2) is 0 Å². The lowest BCUT2D eigenvalue weighted by atomic mass is 10.2. The number of thioether (sulfide) groups is 1. The summed E-state index contributed by atoms with van der Waals surface area (Å²) in [5.41, 5.74) is 0. The van der Waals surface area contributed by atoms with Gasteiger partial charge in [-0.2, -0.15) is 11.8 Å². The van der Waals surface area contributed by atoms with Crippen LogP contribution in [0.15, 0.2) is 24.3 Å². The summed E-state index contributed by atoms with van der Waals surface area (Å²) in [6, 6.07) is 0. The summed E-state index contributed by atoms with van der Waals surface area (Å²) >= 11 is 1.93. The fourth-order valence-electron chi connectivity index (χ4n) is 1.41. The Balaban J connectivity index is -0.0000000534. The van der Waals surface area contributed by atoms with Crippen molar-refractivity contribution in [2.75, 3.05) is 37.7 Å². The van der Waals surface area contributed by atoms with Gasteiger partial charge in [0.25, 0.3) is 0 Å². The van der Waals surface area contributed by atoms with E-state index in [2.05, 4.69) is 54.7 Å². The number of hydrogen-bond acceptors (Lipinski definition) is 5. The van der Waals surface area contributed by atoms with E-state index in [9.17, 15) is 13.2 Å². The Hall–Kier alpha value is -0.590. The third-order valence-electron chi connectivity index (χ3n) is 4.32. The van der Waals surface area contributed by atoms with Crippen LogP contribution in [0.1, 0.15) is 167 Å². The molecule has 0 aromatic heterocycles. The number of allylic oxidation sites excluding steroid dienone is 4. The van der Waals surface area contributed by atoms with E-state index in [-0.39, 0.29) is 0 Å². The average Bonchev–Trinajstić information content (AvgIpc) is 2.98. The molecule has 0 amide bonds. The predicted octanol–water partition coefficient (Wildman–Crippen LogP) is 12.6. The zero-order valence-corrected chi connectivity index (χ0v) is 33.5. The van der Waals surface area contributed by atoms with E-state index in [0.717, 1.165) is 38.7 Å². The molecule has 0 aliphatic carbocycles. The second kappa shape index (κ2) is 72.6. The second-order valence-electron chi connectivity index (χ2n) is 9.52. The lowest BCUT2D eigenvalue weighted by Gasteiger charge is -1.91. The molecule has 0 aromatic carbocycles. The fourth-order valence-corrected chi connectivity index (χ4v) is 2.80. The van der Waals surface area contributed by atoms with Gasteiger partial charge in [0.1, 0.15) is 15.6 Å². The maximum atomic E-state index is 10.4. The number of unbranched alkanes of at least 4 members (excludes halogenated alkanes) is 5. The molecule has 0 heterocycles. The molecule has 0 spiro atoms. The molecule has 0 N–H and O–H groups in total. The number of ether oxygens (including phenoxy) is 1. The molecule has 4 nitrogen and oxygen atoms in total. The van der Waals surface area contributed by atoms with Crippen LogP contribution in [0.3, 0.4) is 0 Å². The zero-order valence-electron chi connectivity index (χ0n) is 31.9. The molecule has 0 bridgehead atoms.